The molecule has 1 atom stereocenters. The lowest BCUT2D eigenvalue weighted by molar-refractivity contribution is 0.350. The Bertz CT molecular complexity index is 620. The average molecular weight is 317 g/mol. The van der Waals surface area contributed by atoms with Gasteiger partial charge in [-0.3, -0.25) is 0 Å². The van der Waals surface area contributed by atoms with E-state index in [0.29, 0.717) is 5.75 Å². The Kier molecular flexibility index (Phi) is 6.49. The van der Waals surface area contributed by atoms with Gasteiger partial charge in [0.15, 0.2) is 0 Å². The molecule has 0 saturated carbocycles. The van der Waals surface area contributed by atoms with E-state index in [9.17, 15) is 12.8 Å². The van der Waals surface area contributed by atoms with Gasteiger partial charge in [0.05, 0.1) is 10.5 Å². The molecular weight excluding hydrogens is 301 g/mol. The van der Waals surface area contributed by atoms with Crippen molar-refractivity contribution in [2.75, 3.05) is 18.6 Å². The number of aliphatic hydroxyl groups is 1. The predicted octanol–water partition coefficient (Wildman–Crippen LogP) is 1.20. The molecule has 0 aliphatic rings. The Hall–Kier alpha value is -1.07. The SMILES string of the molecule is CSCC(C)NS(=O)(=O)c1ccc(C#CCO)c(F)c1. The number of benzene rings is 1. The topological polar surface area (TPSA) is 66.4 Å². The summed E-state index contributed by atoms with van der Waals surface area (Å²) in [6.07, 6.45) is 1.87. The minimum atomic E-state index is -3.74. The highest BCUT2D eigenvalue weighted by molar-refractivity contribution is 7.98. The van der Waals surface area contributed by atoms with E-state index in [1.807, 2.05) is 6.26 Å². The second kappa shape index (κ2) is 7.64. The first-order chi connectivity index (χ1) is 9.40. The number of halogens is 1. The maximum absolute atomic E-state index is 13.7. The third-order valence-corrected chi connectivity index (χ3v) is 4.75. The molecule has 20 heavy (non-hydrogen) atoms. The molecule has 0 heterocycles. The molecular formula is C13H16FNO3S2. The first-order valence-electron chi connectivity index (χ1n) is 5.81. The van der Waals surface area contributed by atoms with Crippen molar-refractivity contribution < 1.29 is 17.9 Å². The molecule has 1 aromatic carbocycles. The van der Waals surface area contributed by atoms with Gasteiger partial charge in [-0.15, -0.1) is 0 Å². The van der Waals surface area contributed by atoms with Crippen LogP contribution in [-0.4, -0.2) is 38.2 Å². The molecule has 4 nitrogen and oxygen atoms in total. The summed E-state index contributed by atoms with van der Waals surface area (Å²) in [6.45, 7) is 1.36. The number of aliphatic hydroxyl groups excluding tert-OH is 1. The minimum absolute atomic E-state index is 0.0511. The van der Waals surface area contributed by atoms with Crippen molar-refractivity contribution in [3.05, 3.63) is 29.6 Å². The fourth-order valence-corrected chi connectivity index (χ4v) is 3.46. The molecule has 2 N–H and O–H groups in total. The highest BCUT2D eigenvalue weighted by atomic mass is 32.2. The molecule has 1 aromatic rings. The molecule has 0 fully saturated rings. The maximum Gasteiger partial charge on any atom is 0.240 e. The Morgan fingerprint density at radius 2 is 2.20 bits per heavy atom. The lowest BCUT2D eigenvalue weighted by Crippen LogP contribution is -2.34. The zero-order valence-electron chi connectivity index (χ0n) is 11.2. The van der Waals surface area contributed by atoms with Crippen LogP contribution in [0.1, 0.15) is 12.5 Å². The molecule has 0 saturated heterocycles. The molecule has 7 heteroatoms. The summed E-state index contributed by atoms with van der Waals surface area (Å²) in [7, 11) is -3.74. The van der Waals surface area contributed by atoms with Crippen LogP contribution in [0.25, 0.3) is 0 Å². The number of thioether (sulfide) groups is 1. The summed E-state index contributed by atoms with van der Waals surface area (Å²) >= 11 is 1.52. The molecule has 0 amide bonds. The molecule has 0 spiro atoms. The molecule has 0 radical (unpaired) electrons. The van der Waals surface area contributed by atoms with Crippen LogP contribution in [0.5, 0.6) is 0 Å². The predicted molar refractivity (Wildman–Crippen MR) is 78.5 cm³/mol. The fourth-order valence-electron chi connectivity index (χ4n) is 1.52. The third-order valence-electron chi connectivity index (χ3n) is 2.33. The molecule has 0 aliphatic heterocycles. The second-order valence-corrected chi connectivity index (χ2v) is 6.70. The summed E-state index contributed by atoms with van der Waals surface area (Å²) in [5, 5.41) is 8.55. The van der Waals surface area contributed by atoms with Gasteiger partial charge in [-0.25, -0.2) is 17.5 Å². The van der Waals surface area contributed by atoms with Gasteiger partial charge in [-0.1, -0.05) is 11.8 Å². The number of rotatable bonds is 5. The summed E-state index contributed by atoms with van der Waals surface area (Å²) in [5.41, 5.74) is 0.0511. The molecule has 0 aliphatic carbocycles. The van der Waals surface area contributed by atoms with E-state index in [1.54, 1.807) is 6.92 Å². The monoisotopic (exact) mass is 317 g/mol. The zero-order chi connectivity index (χ0) is 15.2. The van der Waals surface area contributed by atoms with Crippen LogP contribution in [0, 0.1) is 17.7 Å². The number of sulfonamides is 1. The van der Waals surface area contributed by atoms with Gasteiger partial charge < -0.3 is 5.11 Å². The van der Waals surface area contributed by atoms with E-state index in [0.717, 1.165) is 6.07 Å². The average Bonchev–Trinajstić information content (AvgIpc) is 2.36. The van der Waals surface area contributed by atoms with Crippen molar-refractivity contribution >= 4 is 21.8 Å². The Morgan fingerprint density at radius 3 is 2.75 bits per heavy atom. The number of hydrogen-bond acceptors (Lipinski definition) is 4. The van der Waals surface area contributed by atoms with Crippen LogP contribution < -0.4 is 4.72 Å². The van der Waals surface area contributed by atoms with Crippen molar-refractivity contribution in [3.8, 4) is 11.8 Å². The standard InChI is InChI=1S/C13H16FNO3S2/c1-10(9-19-2)15-20(17,18)12-6-5-11(4-3-7-16)13(14)8-12/h5-6,8,10,15-16H,7,9H2,1-2H3. The lowest BCUT2D eigenvalue weighted by atomic mass is 10.2. The summed E-state index contributed by atoms with van der Waals surface area (Å²) in [6, 6.07) is 3.26. The van der Waals surface area contributed by atoms with Crippen LogP contribution >= 0.6 is 11.8 Å². The Balaban J connectivity index is 3.00. The van der Waals surface area contributed by atoms with Gasteiger partial charge in [0.1, 0.15) is 12.4 Å². The van der Waals surface area contributed by atoms with E-state index < -0.39 is 15.8 Å². The van der Waals surface area contributed by atoms with Crippen molar-refractivity contribution in [1.82, 2.24) is 4.72 Å². The van der Waals surface area contributed by atoms with Crippen LogP contribution in [-0.2, 0) is 10.0 Å². The van der Waals surface area contributed by atoms with E-state index in [1.165, 1.54) is 23.9 Å². The lowest BCUT2D eigenvalue weighted by Gasteiger charge is -2.13. The van der Waals surface area contributed by atoms with Crippen molar-refractivity contribution in [3.63, 3.8) is 0 Å². The molecule has 0 bridgehead atoms. The summed E-state index contributed by atoms with van der Waals surface area (Å²) in [5.74, 6) is 4.62. The quantitative estimate of drug-likeness (QED) is 0.801. The van der Waals surface area contributed by atoms with Crippen LogP contribution in [0.3, 0.4) is 0 Å². The molecule has 1 unspecified atom stereocenters. The minimum Gasteiger partial charge on any atom is -0.384 e. The van der Waals surface area contributed by atoms with Gasteiger partial charge in [0, 0.05) is 11.8 Å². The Morgan fingerprint density at radius 1 is 1.50 bits per heavy atom. The van der Waals surface area contributed by atoms with Gasteiger partial charge >= 0.3 is 0 Å². The first kappa shape index (κ1) is 17.0. The van der Waals surface area contributed by atoms with E-state index in [2.05, 4.69) is 16.6 Å². The van der Waals surface area contributed by atoms with Crippen LogP contribution in [0.15, 0.2) is 23.1 Å². The highest BCUT2D eigenvalue weighted by Gasteiger charge is 2.18. The van der Waals surface area contributed by atoms with Gasteiger partial charge in [-0.05, 0) is 31.4 Å². The Labute approximate surface area is 122 Å². The van der Waals surface area contributed by atoms with Gasteiger partial charge in [-0.2, -0.15) is 11.8 Å². The van der Waals surface area contributed by atoms with Gasteiger partial charge in [0.2, 0.25) is 10.0 Å². The molecule has 110 valence electrons. The van der Waals surface area contributed by atoms with Gasteiger partial charge in [0.25, 0.3) is 0 Å². The smallest absolute Gasteiger partial charge is 0.240 e. The third kappa shape index (κ3) is 4.80. The summed E-state index contributed by atoms with van der Waals surface area (Å²) < 4.78 is 40.2. The maximum atomic E-state index is 13.7. The normalized spacial score (nSPS) is 12.6. The van der Waals surface area contributed by atoms with Crippen molar-refractivity contribution in [2.24, 2.45) is 0 Å². The molecule has 1 rings (SSSR count). The van der Waals surface area contributed by atoms with Crippen LogP contribution in [0.2, 0.25) is 0 Å². The first-order valence-corrected chi connectivity index (χ1v) is 8.69. The largest absolute Gasteiger partial charge is 0.384 e. The van der Waals surface area contributed by atoms with Crippen molar-refractivity contribution in [2.45, 2.75) is 17.9 Å². The number of hydrogen-bond donors (Lipinski definition) is 2. The van der Waals surface area contributed by atoms with E-state index in [4.69, 9.17) is 5.11 Å². The van der Waals surface area contributed by atoms with E-state index in [-0.39, 0.29) is 23.1 Å². The second-order valence-electron chi connectivity index (χ2n) is 4.08. The summed E-state index contributed by atoms with van der Waals surface area (Å²) in [4.78, 5) is -0.141. The zero-order valence-corrected chi connectivity index (χ0v) is 12.8. The number of nitrogens with one attached hydrogen (secondary N) is 1. The highest BCUT2D eigenvalue weighted by Crippen LogP contribution is 2.15. The van der Waals surface area contributed by atoms with Crippen molar-refractivity contribution in [1.29, 1.82) is 0 Å². The molecule has 0 aromatic heterocycles. The fraction of sp³-hybridized carbons (Fsp3) is 0.385. The van der Waals surface area contributed by atoms with E-state index >= 15 is 0 Å². The van der Waals surface area contributed by atoms with Crippen LogP contribution in [0.4, 0.5) is 4.39 Å².